The maximum Gasteiger partial charge on any atom is 0.488 e. The molecule has 0 saturated heterocycles. The second-order valence-corrected chi connectivity index (χ2v) is 23.6. The van der Waals surface area contributed by atoms with Crippen molar-refractivity contribution in [2.75, 3.05) is 0 Å². The maximum atomic E-state index is 9.47. The minimum atomic E-state index is -1.46. The van der Waals surface area contributed by atoms with Gasteiger partial charge in [-0.15, -0.1) is 22.7 Å². The van der Waals surface area contributed by atoms with Crippen molar-refractivity contribution in [3.05, 3.63) is 296 Å². The average Bonchev–Trinajstić information content (AvgIpc) is 3.88. The third-order valence-electron chi connectivity index (χ3n) is 15.7. The Morgan fingerprint density at radius 1 is 0.256 bits per heavy atom. The van der Waals surface area contributed by atoms with Crippen molar-refractivity contribution in [1.29, 1.82) is 0 Å². The van der Waals surface area contributed by atoms with Gasteiger partial charge in [-0.25, -0.2) is 0 Å². The molecule has 2 N–H and O–H groups in total. The Balaban J connectivity index is 0.000000121. The topological polar surface area (TPSA) is 40.5 Å². The molecule has 0 bridgehead atoms. The van der Waals surface area contributed by atoms with Gasteiger partial charge in [0, 0.05) is 44.8 Å². The predicted octanol–water partition coefficient (Wildman–Crippen LogP) is 21.2. The van der Waals surface area contributed by atoms with Crippen LogP contribution in [0, 0.1) is 0 Å². The highest BCUT2D eigenvalue weighted by Crippen LogP contribution is 2.43. The fourth-order valence-corrected chi connectivity index (χ4v) is 14.8. The number of rotatable bonds is 6. The van der Waals surface area contributed by atoms with Crippen LogP contribution in [-0.2, 0) is 0 Å². The van der Waals surface area contributed by atoms with Crippen LogP contribution in [0.25, 0.3) is 139 Å². The first-order chi connectivity index (χ1) is 40.4. The Hall–Kier alpha value is -8.98. The molecular weight excluding hydrogens is 1100 g/mol. The van der Waals surface area contributed by atoms with E-state index in [0.717, 1.165) is 21.2 Å². The molecule has 16 aromatic rings. The number of thiophene rings is 2. The summed E-state index contributed by atoms with van der Waals surface area (Å²) in [6.45, 7) is 0. The molecule has 0 radical (unpaired) electrons. The van der Waals surface area contributed by atoms with Crippen LogP contribution in [0.3, 0.4) is 0 Å². The third-order valence-corrected chi connectivity index (χ3v) is 18.8. The highest BCUT2D eigenvalue weighted by molar-refractivity contribution is 9.10. The molecule has 0 aliphatic heterocycles. The standard InChI is InChI=1S/C38H24S.C24H17BO2S.C14H9Br/c1-2-15-30-29(10-1)24-36(33-17-4-3-16-32(30)33)28-14-8-12-26(23-28)25-11-7-13-27(22-25)31-19-9-20-35-34-18-5-6-21-37(34)39-38(31)35;26-25(27)19-9-4-7-17(15-19)16-6-3-8-18(14-16)20-11-5-12-22-21-10-1-2-13-23(21)28-24(20)22;15-14-9-10-5-1-2-6-11(10)12-7-3-4-8-13(12)14/h1-24H;1-15,26-27H;1-9H. The van der Waals surface area contributed by atoms with E-state index >= 15 is 0 Å². The van der Waals surface area contributed by atoms with E-state index < -0.39 is 7.12 Å². The lowest BCUT2D eigenvalue weighted by atomic mass is 9.79. The SMILES string of the molecule is Brc1cc2ccccc2c2ccccc12.OB(O)c1cccc(-c2cccc(-c3cccc4c3sc3ccccc34)c2)c1.c1cc(-c2cccc(-c3cccc4c3sc3ccccc34)c2)cc(-c2cc3ccccc3c3ccccc23)c1. The van der Waals surface area contributed by atoms with Crippen LogP contribution < -0.4 is 5.46 Å². The van der Waals surface area contributed by atoms with Gasteiger partial charge in [0.25, 0.3) is 0 Å². The van der Waals surface area contributed by atoms with E-state index in [1.165, 1.54) is 122 Å². The van der Waals surface area contributed by atoms with Gasteiger partial charge < -0.3 is 10.0 Å². The smallest absolute Gasteiger partial charge is 0.423 e. The number of halogens is 1. The molecule has 0 unspecified atom stereocenters. The van der Waals surface area contributed by atoms with Gasteiger partial charge in [-0.05, 0) is 147 Å². The van der Waals surface area contributed by atoms with Crippen molar-refractivity contribution < 1.29 is 10.0 Å². The second-order valence-electron chi connectivity index (χ2n) is 20.6. The van der Waals surface area contributed by atoms with E-state index in [9.17, 15) is 10.0 Å². The zero-order valence-electron chi connectivity index (χ0n) is 44.4. The molecule has 14 aromatic carbocycles. The van der Waals surface area contributed by atoms with E-state index in [4.69, 9.17) is 0 Å². The summed E-state index contributed by atoms with van der Waals surface area (Å²) in [6, 6.07) is 103. The summed E-state index contributed by atoms with van der Waals surface area (Å²) < 4.78 is 6.45. The Bertz CT molecular complexity index is 5080. The summed E-state index contributed by atoms with van der Waals surface area (Å²) in [5, 5.41) is 34.5. The molecule has 0 amide bonds. The van der Waals surface area contributed by atoms with Gasteiger partial charge in [-0.1, -0.05) is 265 Å². The zero-order valence-corrected chi connectivity index (χ0v) is 47.6. The van der Waals surface area contributed by atoms with Crippen molar-refractivity contribution in [2.24, 2.45) is 0 Å². The van der Waals surface area contributed by atoms with Crippen molar-refractivity contribution in [3.63, 3.8) is 0 Å². The number of benzene rings is 14. The van der Waals surface area contributed by atoms with E-state index in [1.54, 1.807) is 6.07 Å². The highest BCUT2D eigenvalue weighted by atomic mass is 79.9. The summed E-state index contributed by atoms with van der Waals surface area (Å²) in [7, 11) is -1.46. The van der Waals surface area contributed by atoms with Crippen LogP contribution in [0.2, 0.25) is 0 Å². The lowest BCUT2D eigenvalue weighted by molar-refractivity contribution is 0.426. The molecule has 2 aromatic heterocycles. The van der Waals surface area contributed by atoms with Crippen molar-refractivity contribution in [1.82, 2.24) is 0 Å². The van der Waals surface area contributed by atoms with Crippen LogP contribution in [0.5, 0.6) is 0 Å². The number of hydrogen-bond acceptors (Lipinski definition) is 4. The minimum absolute atomic E-state index is 0.495. The van der Waals surface area contributed by atoms with Crippen LogP contribution in [0.4, 0.5) is 0 Å². The summed E-state index contributed by atoms with van der Waals surface area (Å²) in [5.41, 5.74) is 12.4. The van der Waals surface area contributed by atoms with Gasteiger partial charge in [0.2, 0.25) is 0 Å². The molecule has 0 aliphatic carbocycles. The van der Waals surface area contributed by atoms with Crippen molar-refractivity contribution in [2.45, 2.75) is 0 Å². The first-order valence-corrected chi connectivity index (χ1v) is 29.9. The Kier molecular flexibility index (Phi) is 13.8. The molecule has 6 heteroatoms. The fraction of sp³-hybridized carbons (Fsp3) is 0. The van der Waals surface area contributed by atoms with Gasteiger partial charge in [-0.3, -0.25) is 0 Å². The molecule has 2 nitrogen and oxygen atoms in total. The van der Waals surface area contributed by atoms with Gasteiger partial charge in [0.05, 0.1) is 0 Å². The van der Waals surface area contributed by atoms with Crippen LogP contribution in [-0.4, -0.2) is 17.2 Å². The van der Waals surface area contributed by atoms with Gasteiger partial charge >= 0.3 is 7.12 Å². The van der Waals surface area contributed by atoms with Crippen molar-refractivity contribution in [3.8, 4) is 55.6 Å². The van der Waals surface area contributed by atoms with E-state index in [0.29, 0.717) is 5.46 Å². The highest BCUT2D eigenvalue weighted by Gasteiger charge is 2.16. The lowest BCUT2D eigenvalue weighted by Crippen LogP contribution is -2.29. The van der Waals surface area contributed by atoms with Gasteiger partial charge in [0.15, 0.2) is 0 Å². The zero-order chi connectivity index (χ0) is 55.1. The van der Waals surface area contributed by atoms with Crippen LogP contribution in [0.1, 0.15) is 0 Å². The normalized spacial score (nSPS) is 11.4. The molecule has 0 saturated carbocycles. The maximum absolute atomic E-state index is 9.47. The van der Waals surface area contributed by atoms with E-state index in [-0.39, 0.29) is 0 Å². The Morgan fingerprint density at radius 2 is 0.610 bits per heavy atom. The largest absolute Gasteiger partial charge is 0.488 e. The molecule has 388 valence electrons. The summed E-state index contributed by atoms with van der Waals surface area (Å²) in [5.74, 6) is 0. The third kappa shape index (κ3) is 9.75. The molecule has 0 spiro atoms. The molecule has 82 heavy (non-hydrogen) atoms. The Labute approximate surface area is 492 Å². The van der Waals surface area contributed by atoms with E-state index in [2.05, 4.69) is 283 Å². The minimum Gasteiger partial charge on any atom is -0.423 e. The van der Waals surface area contributed by atoms with Crippen LogP contribution >= 0.6 is 38.6 Å². The first-order valence-electron chi connectivity index (χ1n) is 27.5. The fourth-order valence-electron chi connectivity index (χ4n) is 11.7. The average molecular weight is 1150 g/mol. The quantitative estimate of drug-likeness (QED) is 0.129. The molecule has 0 atom stereocenters. The summed E-state index contributed by atoms with van der Waals surface area (Å²) in [4.78, 5) is 0. The lowest BCUT2D eigenvalue weighted by Gasteiger charge is -2.13. The number of hydrogen-bond donors (Lipinski definition) is 2. The molecule has 2 heterocycles. The van der Waals surface area contributed by atoms with Gasteiger partial charge in [0.1, 0.15) is 0 Å². The molecular formula is C76H50BBrO2S2. The number of fused-ring (bicyclic) bond motifs is 12. The molecule has 0 aliphatic rings. The molecule has 16 rings (SSSR count). The monoisotopic (exact) mass is 1150 g/mol. The first kappa shape index (κ1) is 51.2. The van der Waals surface area contributed by atoms with Crippen molar-refractivity contribution >= 4 is 135 Å². The van der Waals surface area contributed by atoms with Gasteiger partial charge in [-0.2, -0.15) is 0 Å². The van der Waals surface area contributed by atoms with Crippen LogP contribution in [0.15, 0.2) is 296 Å². The Morgan fingerprint density at radius 3 is 1.12 bits per heavy atom. The second kappa shape index (κ2) is 22.2. The molecule has 0 fully saturated rings. The summed E-state index contributed by atoms with van der Waals surface area (Å²) in [6.07, 6.45) is 0. The summed E-state index contributed by atoms with van der Waals surface area (Å²) >= 11 is 7.33. The predicted molar refractivity (Wildman–Crippen MR) is 360 cm³/mol. The van der Waals surface area contributed by atoms with E-state index in [1.807, 2.05) is 40.9 Å².